The van der Waals surface area contributed by atoms with Crippen LogP contribution in [0, 0.1) is 0 Å². The van der Waals surface area contributed by atoms with Crippen LogP contribution in [-0.2, 0) is 0 Å². The van der Waals surface area contributed by atoms with Gasteiger partial charge in [0, 0.05) is 5.92 Å². The van der Waals surface area contributed by atoms with Crippen LogP contribution >= 0.6 is 0 Å². The van der Waals surface area contributed by atoms with Gasteiger partial charge in [-0.1, -0.05) is 212 Å². The van der Waals surface area contributed by atoms with Crippen LogP contribution in [0.25, 0.3) is 109 Å². The molecule has 1 aliphatic rings. The van der Waals surface area contributed by atoms with Crippen molar-refractivity contribution in [2.24, 2.45) is 0 Å². The fourth-order valence-corrected chi connectivity index (χ4v) is 10.3. The molecule has 0 nitrogen and oxygen atoms in total. The lowest BCUT2D eigenvalue weighted by Gasteiger charge is -2.22. The summed E-state index contributed by atoms with van der Waals surface area (Å²) in [7, 11) is 0. The number of rotatable bonds is 6. The van der Waals surface area contributed by atoms with Crippen LogP contribution in [0.4, 0.5) is 0 Å². The van der Waals surface area contributed by atoms with Crippen LogP contribution in [0.2, 0.25) is 0 Å². The SMILES string of the molecule is C1=CCC(c2cc(-c3ccc(-c4cccc5ccccc45)c4ccccc34)cc3c(-c4ccccc4)cc(-c4ccc(-c5cccc6ccccc56)c5ccccc45)cc23)C=C1. The summed E-state index contributed by atoms with van der Waals surface area (Å²) in [4.78, 5) is 0. The van der Waals surface area contributed by atoms with Gasteiger partial charge in [-0.05, 0) is 146 Å². The van der Waals surface area contributed by atoms with E-state index in [1.807, 2.05) is 0 Å². The van der Waals surface area contributed by atoms with Crippen LogP contribution in [0.5, 0.6) is 0 Å². The zero-order chi connectivity index (χ0) is 41.0. The minimum atomic E-state index is 0.244. The molecule has 0 saturated heterocycles. The standard InChI is InChI=1S/C62H42/c1-3-17-43(18-4-1)59-37-45(49-33-35-57(55-29-13-11-27-51(49)55)53-31-15-23-41-21-7-9-25-47(41)53)40-62-60(44-19-5-2-6-20-44)38-46(39-61(59)62)50-34-36-58(56-30-14-12-28-52(50)56)54-32-16-24-42-22-8-10-26-48(42)54/h1-19,21-40,44H,20H2. The number of fused-ring (bicyclic) bond motifs is 5. The largest absolute Gasteiger partial charge is 0.0836 e. The quantitative estimate of drug-likeness (QED) is 0.157. The molecule has 0 amide bonds. The van der Waals surface area contributed by atoms with Crippen molar-refractivity contribution in [3.8, 4) is 55.6 Å². The molecular formula is C62H42. The lowest BCUT2D eigenvalue weighted by Crippen LogP contribution is -2.00. The highest BCUT2D eigenvalue weighted by Crippen LogP contribution is 2.46. The van der Waals surface area contributed by atoms with E-state index >= 15 is 0 Å². The Kier molecular flexibility index (Phi) is 8.75. The molecule has 0 aromatic heterocycles. The van der Waals surface area contributed by atoms with E-state index in [1.54, 1.807) is 0 Å². The van der Waals surface area contributed by atoms with E-state index in [0.29, 0.717) is 0 Å². The molecule has 0 aliphatic heterocycles. The van der Waals surface area contributed by atoms with Gasteiger partial charge in [0.1, 0.15) is 0 Å². The Bertz CT molecular complexity index is 3590. The van der Waals surface area contributed by atoms with E-state index in [-0.39, 0.29) is 5.92 Å². The molecule has 1 atom stereocenters. The molecule has 290 valence electrons. The Hall–Kier alpha value is -7.80. The molecule has 11 aromatic rings. The summed E-state index contributed by atoms with van der Waals surface area (Å²) in [6, 6.07) is 79.0. The first-order valence-electron chi connectivity index (χ1n) is 21.8. The third-order valence-corrected chi connectivity index (χ3v) is 13.2. The molecule has 0 radical (unpaired) electrons. The van der Waals surface area contributed by atoms with Crippen molar-refractivity contribution in [2.45, 2.75) is 12.3 Å². The van der Waals surface area contributed by atoms with Crippen molar-refractivity contribution in [1.82, 2.24) is 0 Å². The zero-order valence-electron chi connectivity index (χ0n) is 34.3. The average Bonchev–Trinajstić information content (AvgIpc) is 3.35. The van der Waals surface area contributed by atoms with Crippen molar-refractivity contribution < 1.29 is 0 Å². The summed E-state index contributed by atoms with van der Waals surface area (Å²) in [6.45, 7) is 0. The molecule has 0 fully saturated rings. The second-order valence-corrected chi connectivity index (χ2v) is 16.7. The highest BCUT2D eigenvalue weighted by Gasteiger charge is 2.21. The molecule has 0 bridgehead atoms. The first kappa shape index (κ1) is 36.1. The molecule has 62 heavy (non-hydrogen) atoms. The van der Waals surface area contributed by atoms with Crippen molar-refractivity contribution in [3.05, 3.63) is 242 Å². The maximum Gasteiger partial charge on any atom is 0.00620 e. The Morgan fingerprint density at radius 2 is 0.726 bits per heavy atom. The van der Waals surface area contributed by atoms with E-state index in [1.165, 1.54) is 115 Å². The van der Waals surface area contributed by atoms with Gasteiger partial charge in [0.25, 0.3) is 0 Å². The van der Waals surface area contributed by atoms with Gasteiger partial charge >= 0.3 is 0 Å². The van der Waals surface area contributed by atoms with Crippen molar-refractivity contribution in [2.75, 3.05) is 0 Å². The molecule has 1 aliphatic carbocycles. The van der Waals surface area contributed by atoms with Gasteiger partial charge in [0.05, 0.1) is 0 Å². The monoisotopic (exact) mass is 786 g/mol. The van der Waals surface area contributed by atoms with Gasteiger partial charge in [0.2, 0.25) is 0 Å². The number of allylic oxidation sites excluding steroid dienone is 4. The van der Waals surface area contributed by atoms with Gasteiger partial charge in [0.15, 0.2) is 0 Å². The summed E-state index contributed by atoms with van der Waals surface area (Å²) in [5.41, 5.74) is 13.8. The predicted molar refractivity (Wildman–Crippen MR) is 267 cm³/mol. The van der Waals surface area contributed by atoms with Crippen LogP contribution in [0.1, 0.15) is 17.9 Å². The van der Waals surface area contributed by atoms with E-state index in [2.05, 4.69) is 237 Å². The lowest BCUT2D eigenvalue weighted by atomic mass is 9.81. The first-order chi connectivity index (χ1) is 30.8. The Balaban J connectivity index is 1.10. The Morgan fingerprint density at radius 3 is 1.29 bits per heavy atom. The molecule has 0 heteroatoms. The summed E-state index contributed by atoms with van der Waals surface area (Å²) in [5, 5.41) is 12.7. The normalized spacial score (nSPS) is 13.8. The number of benzene rings is 11. The van der Waals surface area contributed by atoms with Gasteiger partial charge in [-0.25, -0.2) is 0 Å². The Labute approximate surface area is 362 Å². The molecule has 0 N–H and O–H groups in total. The first-order valence-corrected chi connectivity index (χ1v) is 21.8. The van der Waals surface area contributed by atoms with Gasteiger partial charge < -0.3 is 0 Å². The fourth-order valence-electron chi connectivity index (χ4n) is 10.3. The molecule has 12 rings (SSSR count). The highest BCUT2D eigenvalue weighted by atomic mass is 14.2. The zero-order valence-corrected chi connectivity index (χ0v) is 34.3. The summed E-state index contributed by atoms with van der Waals surface area (Å²) >= 11 is 0. The minimum absolute atomic E-state index is 0.244. The minimum Gasteiger partial charge on any atom is -0.0836 e. The summed E-state index contributed by atoms with van der Waals surface area (Å²) < 4.78 is 0. The second kappa shape index (κ2) is 15.0. The molecule has 11 aromatic carbocycles. The third kappa shape index (κ3) is 6.07. The topological polar surface area (TPSA) is 0 Å². The maximum absolute atomic E-state index is 2.50. The third-order valence-electron chi connectivity index (χ3n) is 13.2. The van der Waals surface area contributed by atoms with Crippen LogP contribution in [0.15, 0.2) is 237 Å². The molecular weight excluding hydrogens is 745 g/mol. The van der Waals surface area contributed by atoms with Gasteiger partial charge in [-0.3, -0.25) is 0 Å². The van der Waals surface area contributed by atoms with Gasteiger partial charge in [-0.2, -0.15) is 0 Å². The Morgan fingerprint density at radius 1 is 0.274 bits per heavy atom. The summed E-state index contributed by atoms with van der Waals surface area (Å²) in [5.74, 6) is 0.244. The van der Waals surface area contributed by atoms with Crippen molar-refractivity contribution in [1.29, 1.82) is 0 Å². The van der Waals surface area contributed by atoms with E-state index in [9.17, 15) is 0 Å². The predicted octanol–water partition coefficient (Wildman–Crippen LogP) is 17.4. The van der Waals surface area contributed by atoms with Crippen molar-refractivity contribution in [3.63, 3.8) is 0 Å². The molecule has 0 saturated carbocycles. The maximum atomic E-state index is 2.50. The molecule has 1 unspecified atom stereocenters. The van der Waals surface area contributed by atoms with Crippen LogP contribution in [-0.4, -0.2) is 0 Å². The highest BCUT2D eigenvalue weighted by molar-refractivity contribution is 6.14. The fraction of sp³-hybridized carbons (Fsp3) is 0.0323. The van der Waals surface area contributed by atoms with E-state index in [0.717, 1.165) is 6.42 Å². The van der Waals surface area contributed by atoms with E-state index in [4.69, 9.17) is 0 Å². The molecule has 0 spiro atoms. The lowest BCUT2D eigenvalue weighted by molar-refractivity contribution is 0.862. The smallest absolute Gasteiger partial charge is 0.00620 e. The number of hydrogen-bond donors (Lipinski definition) is 0. The van der Waals surface area contributed by atoms with Crippen LogP contribution in [0.3, 0.4) is 0 Å². The number of hydrogen-bond acceptors (Lipinski definition) is 0. The van der Waals surface area contributed by atoms with Crippen LogP contribution < -0.4 is 0 Å². The van der Waals surface area contributed by atoms with E-state index < -0.39 is 0 Å². The van der Waals surface area contributed by atoms with Gasteiger partial charge in [-0.15, -0.1) is 0 Å². The van der Waals surface area contributed by atoms with Crippen molar-refractivity contribution >= 4 is 53.9 Å². The summed E-state index contributed by atoms with van der Waals surface area (Å²) in [6.07, 6.45) is 10.1. The average molecular weight is 787 g/mol. The molecule has 0 heterocycles. The second-order valence-electron chi connectivity index (χ2n) is 16.7.